The molecular weight excluding hydrogens is 466 g/mol. The number of ether oxygens (including phenoxy) is 2. The van der Waals surface area contributed by atoms with Gasteiger partial charge in [0.2, 0.25) is 5.91 Å². The van der Waals surface area contributed by atoms with E-state index in [9.17, 15) is 24.3 Å². The molecule has 10 nitrogen and oxygen atoms in total. The number of carboxylic acid groups (broad SMARTS) is 1. The number of carbonyl (C=O) groups is 4. The van der Waals surface area contributed by atoms with Gasteiger partial charge >= 0.3 is 17.9 Å². The lowest BCUT2D eigenvalue weighted by Gasteiger charge is -2.29. The van der Waals surface area contributed by atoms with Gasteiger partial charge in [-0.2, -0.15) is 0 Å². The molecule has 2 unspecified atom stereocenters. The summed E-state index contributed by atoms with van der Waals surface area (Å²) in [4.78, 5) is 54.6. The molecule has 1 aliphatic heterocycles. The van der Waals surface area contributed by atoms with Gasteiger partial charge in [-0.3, -0.25) is 19.7 Å². The number of H-pyrrole nitrogens is 1. The predicted octanol–water partition coefficient (Wildman–Crippen LogP) is 2.41. The number of aliphatic carboxylic acids is 1. The van der Waals surface area contributed by atoms with Gasteiger partial charge in [-0.25, -0.2) is 4.79 Å². The molecule has 3 atom stereocenters. The van der Waals surface area contributed by atoms with Crippen molar-refractivity contribution in [3.63, 3.8) is 0 Å². The van der Waals surface area contributed by atoms with Crippen LogP contribution in [0.3, 0.4) is 0 Å². The Labute approximate surface area is 210 Å². The fourth-order valence-electron chi connectivity index (χ4n) is 4.65. The summed E-state index contributed by atoms with van der Waals surface area (Å²) < 4.78 is 10.3. The van der Waals surface area contributed by atoms with Crippen LogP contribution in [0.2, 0.25) is 0 Å². The molecule has 0 bridgehead atoms. The van der Waals surface area contributed by atoms with Crippen LogP contribution in [0.1, 0.15) is 51.5 Å². The first kappa shape index (κ1) is 27.2. The Balaban J connectivity index is 1.79. The second-order valence-electron chi connectivity index (χ2n) is 8.79. The number of amides is 1. The molecule has 1 fully saturated rings. The van der Waals surface area contributed by atoms with Gasteiger partial charge in [-0.05, 0) is 57.6 Å². The van der Waals surface area contributed by atoms with Crippen molar-refractivity contribution >= 4 is 34.7 Å². The summed E-state index contributed by atoms with van der Waals surface area (Å²) >= 11 is 0. The van der Waals surface area contributed by atoms with Crippen LogP contribution in [0.4, 0.5) is 0 Å². The molecule has 0 saturated carbocycles. The minimum absolute atomic E-state index is 0.0409. The summed E-state index contributed by atoms with van der Waals surface area (Å²) in [6.45, 7) is 4.11. The van der Waals surface area contributed by atoms with Gasteiger partial charge in [-0.15, -0.1) is 0 Å². The lowest BCUT2D eigenvalue weighted by atomic mass is 10.0. The first-order valence-corrected chi connectivity index (χ1v) is 12.5. The topological polar surface area (TPSA) is 138 Å². The molecule has 10 heteroatoms. The summed E-state index contributed by atoms with van der Waals surface area (Å²) in [7, 11) is 0. The molecule has 36 heavy (non-hydrogen) atoms. The van der Waals surface area contributed by atoms with Gasteiger partial charge < -0.3 is 24.5 Å². The molecular formula is C26H35N3O7. The molecule has 3 N–H and O–H groups in total. The third-order valence-electron chi connectivity index (χ3n) is 6.41. The number of fused-ring (bicyclic) bond motifs is 1. The van der Waals surface area contributed by atoms with Crippen molar-refractivity contribution in [3.8, 4) is 0 Å². The molecule has 0 spiro atoms. The summed E-state index contributed by atoms with van der Waals surface area (Å²) in [5.41, 5.74) is 2.02. The average molecular weight is 502 g/mol. The number of aromatic amines is 1. The van der Waals surface area contributed by atoms with Gasteiger partial charge in [0.1, 0.15) is 12.1 Å². The van der Waals surface area contributed by atoms with Crippen LogP contribution >= 0.6 is 0 Å². The van der Waals surface area contributed by atoms with E-state index in [2.05, 4.69) is 10.3 Å². The first-order valence-electron chi connectivity index (χ1n) is 12.5. The molecule has 1 aromatic heterocycles. The number of aromatic nitrogens is 1. The van der Waals surface area contributed by atoms with Gasteiger partial charge in [-0.1, -0.05) is 18.2 Å². The van der Waals surface area contributed by atoms with Crippen LogP contribution in [0.25, 0.3) is 10.9 Å². The zero-order valence-electron chi connectivity index (χ0n) is 20.8. The normalized spacial score (nSPS) is 17.1. The van der Waals surface area contributed by atoms with E-state index in [1.807, 2.05) is 30.5 Å². The van der Waals surface area contributed by atoms with Gasteiger partial charge in [0, 0.05) is 30.1 Å². The molecule has 3 rings (SSSR count). The van der Waals surface area contributed by atoms with Crippen molar-refractivity contribution < 1.29 is 33.8 Å². The maximum Gasteiger partial charge on any atom is 0.326 e. The largest absolute Gasteiger partial charge is 0.480 e. The zero-order valence-corrected chi connectivity index (χ0v) is 20.8. The van der Waals surface area contributed by atoms with Crippen molar-refractivity contribution in [2.45, 2.75) is 70.5 Å². The highest BCUT2D eigenvalue weighted by Gasteiger charge is 2.38. The fourth-order valence-corrected chi connectivity index (χ4v) is 4.65. The average Bonchev–Trinajstić information content (AvgIpc) is 3.51. The fraction of sp³-hybridized carbons (Fsp3) is 0.538. The van der Waals surface area contributed by atoms with E-state index >= 15 is 0 Å². The van der Waals surface area contributed by atoms with Crippen LogP contribution < -0.4 is 5.32 Å². The van der Waals surface area contributed by atoms with Crippen molar-refractivity contribution in [2.24, 2.45) is 0 Å². The van der Waals surface area contributed by atoms with E-state index in [1.165, 1.54) is 4.90 Å². The highest BCUT2D eigenvalue weighted by atomic mass is 16.5. The summed E-state index contributed by atoms with van der Waals surface area (Å²) in [6.07, 6.45) is 3.78. The number of benzene rings is 1. The molecule has 1 saturated heterocycles. The third-order valence-corrected chi connectivity index (χ3v) is 6.41. The van der Waals surface area contributed by atoms with E-state index in [4.69, 9.17) is 9.47 Å². The predicted molar refractivity (Wildman–Crippen MR) is 132 cm³/mol. The number of carboxylic acids is 1. The summed E-state index contributed by atoms with van der Waals surface area (Å²) in [5.74, 6) is -2.46. The van der Waals surface area contributed by atoms with Crippen LogP contribution in [-0.2, 0) is 35.1 Å². The van der Waals surface area contributed by atoms with E-state index in [0.717, 1.165) is 16.5 Å². The van der Waals surface area contributed by atoms with Gasteiger partial charge in [0.15, 0.2) is 0 Å². The molecule has 196 valence electrons. The van der Waals surface area contributed by atoms with E-state index < -0.39 is 41.9 Å². The Morgan fingerprint density at radius 1 is 1.11 bits per heavy atom. The SMILES string of the molecule is CCOC(=O)CCC(NC(CCc1c[nH]c2ccccc12)C(=O)OCC)C(=O)N1CCC[C@H]1C(=O)O. The highest BCUT2D eigenvalue weighted by molar-refractivity contribution is 5.89. The van der Waals surface area contributed by atoms with Gasteiger partial charge in [0.05, 0.1) is 19.3 Å². The van der Waals surface area contributed by atoms with Crippen LogP contribution in [-0.4, -0.2) is 76.7 Å². The Morgan fingerprint density at radius 2 is 1.86 bits per heavy atom. The van der Waals surface area contributed by atoms with Crippen LogP contribution in [0, 0.1) is 0 Å². The number of hydrogen-bond acceptors (Lipinski definition) is 7. The second kappa shape index (κ2) is 13.1. The minimum Gasteiger partial charge on any atom is -0.480 e. The maximum atomic E-state index is 13.4. The third kappa shape index (κ3) is 6.84. The minimum atomic E-state index is -1.06. The molecule has 1 amide bonds. The first-order chi connectivity index (χ1) is 17.3. The number of para-hydroxylation sites is 1. The zero-order chi connectivity index (χ0) is 26.1. The number of nitrogens with zero attached hydrogens (tertiary/aromatic N) is 1. The Bertz CT molecular complexity index is 1070. The van der Waals surface area contributed by atoms with E-state index in [-0.39, 0.29) is 26.1 Å². The molecule has 0 aliphatic carbocycles. The Morgan fingerprint density at radius 3 is 2.58 bits per heavy atom. The lowest BCUT2D eigenvalue weighted by Crippen LogP contribution is -2.54. The highest BCUT2D eigenvalue weighted by Crippen LogP contribution is 2.22. The number of hydrogen-bond donors (Lipinski definition) is 3. The van der Waals surface area contributed by atoms with Crippen molar-refractivity contribution in [1.29, 1.82) is 0 Å². The summed E-state index contributed by atoms with van der Waals surface area (Å²) in [6, 6.07) is 5.18. The number of carbonyl (C=O) groups excluding carboxylic acids is 3. The molecule has 2 heterocycles. The number of esters is 2. The number of rotatable bonds is 13. The van der Waals surface area contributed by atoms with E-state index in [0.29, 0.717) is 32.2 Å². The van der Waals surface area contributed by atoms with E-state index in [1.54, 1.807) is 13.8 Å². The van der Waals surface area contributed by atoms with Crippen LogP contribution in [0.15, 0.2) is 30.5 Å². The van der Waals surface area contributed by atoms with Crippen molar-refractivity contribution in [1.82, 2.24) is 15.2 Å². The van der Waals surface area contributed by atoms with Crippen molar-refractivity contribution in [3.05, 3.63) is 36.0 Å². The lowest BCUT2D eigenvalue weighted by molar-refractivity contribution is -0.151. The van der Waals surface area contributed by atoms with Gasteiger partial charge in [0.25, 0.3) is 0 Å². The number of nitrogens with one attached hydrogen (secondary N) is 2. The maximum absolute atomic E-state index is 13.4. The second-order valence-corrected chi connectivity index (χ2v) is 8.79. The molecule has 1 aromatic carbocycles. The quantitative estimate of drug-likeness (QED) is 0.356. The standard InChI is InChI=1S/C26H35N3O7/c1-3-35-23(30)14-13-20(24(31)29-15-7-10-22(29)25(32)33)28-21(26(34)36-4-2)12-11-17-16-27-19-9-6-5-8-18(17)19/h5-6,8-9,16,20-22,27-28H,3-4,7,10-15H2,1-2H3,(H,32,33)/t20?,21?,22-/m0/s1. The molecule has 1 aliphatic rings. The monoisotopic (exact) mass is 501 g/mol. The molecule has 2 aromatic rings. The Kier molecular flexibility index (Phi) is 9.86. The smallest absolute Gasteiger partial charge is 0.326 e. The van der Waals surface area contributed by atoms with Crippen LogP contribution in [0.5, 0.6) is 0 Å². The number of likely N-dealkylation sites (tertiary alicyclic amines) is 1. The summed E-state index contributed by atoms with van der Waals surface area (Å²) in [5, 5.41) is 13.7. The van der Waals surface area contributed by atoms with Crippen molar-refractivity contribution in [2.75, 3.05) is 19.8 Å². The molecule has 0 radical (unpaired) electrons. The Hall–Kier alpha value is -3.40. The number of aryl methyl sites for hydroxylation is 1.